The van der Waals surface area contributed by atoms with E-state index in [-0.39, 0.29) is 30.3 Å². The van der Waals surface area contributed by atoms with Crippen molar-refractivity contribution in [2.75, 3.05) is 12.0 Å². The SMILES string of the molecule is CCOC(=O)CCn1c(C)cnc(NN)c1=O. The van der Waals surface area contributed by atoms with Gasteiger partial charge in [0.25, 0.3) is 5.56 Å². The molecule has 3 N–H and O–H groups in total. The molecule has 0 aromatic carbocycles. The van der Waals surface area contributed by atoms with Gasteiger partial charge in [0, 0.05) is 18.4 Å². The van der Waals surface area contributed by atoms with Crippen LogP contribution in [0.1, 0.15) is 19.0 Å². The van der Waals surface area contributed by atoms with Gasteiger partial charge in [0.1, 0.15) is 0 Å². The van der Waals surface area contributed by atoms with E-state index in [1.165, 1.54) is 10.8 Å². The smallest absolute Gasteiger partial charge is 0.307 e. The molecular formula is C10H16N4O3. The number of hydrogen-bond donors (Lipinski definition) is 2. The summed E-state index contributed by atoms with van der Waals surface area (Å²) in [4.78, 5) is 26.8. The molecule has 0 aliphatic rings. The first kappa shape index (κ1) is 13.2. The number of aromatic nitrogens is 2. The van der Waals surface area contributed by atoms with E-state index >= 15 is 0 Å². The number of hydrazine groups is 1. The van der Waals surface area contributed by atoms with Crippen LogP contribution >= 0.6 is 0 Å². The Morgan fingerprint density at radius 2 is 2.35 bits per heavy atom. The predicted octanol–water partition coefficient (Wildman–Crippen LogP) is -0.209. The van der Waals surface area contributed by atoms with E-state index in [0.29, 0.717) is 12.3 Å². The lowest BCUT2D eigenvalue weighted by Crippen LogP contribution is -2.29. The monoisotopic (exact) mass is 240 g/mol. The second kappa shape index (κ2) is 6.00. The average Bonchev–Trinajstić information content (AvgIpc) is 2.29. The Hall–Kier alpha value is -1.89. The molecule has 0 aliphatic heterocycles. The minimum atomic E-state index is -0.350. The van der Waals surface area contributed by atoms with Crippen molar-refractivity contribution in [2.45, 2.75) is 26.8 Å². The van der Waals surface area contributed by atoms with Gasteiger partial charge in [0.05, 0.1) is 13.0 Å². The number of aryl methyl sites for hydroxylation is 1. The van der Waals surface area contributed by atoms with Crippen LogP contribution in [0.3, 0.4) is 0 Å². The molecule has 0 bridgehead atoms. The third kappa shape index (κ3) is 3.28. The zero-order valence-electron chi connectivity index (χ0n) is 9.90. The minimum Gasteiger partial charge on any atom is -0.466 e. The van der Waals surface area contributed by atoms with Crippen LogP contribution in [0.25, 0.3) is 0 Å². The molecule has 1 rings (SSSR count). The minimum absolute atomic E-state index is 0.0551. The number of carbonyl (C=O) groups excluding carboxylic acids is 1. The van der Waals surface area contributed by atoms with Crippen molar-refractivity contribution < 1.29 is 9.53 Å². The molecule has 0 aliphatic carbocycles. The van der Waals surface area contributed by atoms with Crippen molar-refractivity contribution in [3.8, 4) is 0 Å². The van der Waals surface area contributed by atoms with Crippen LogP contribution < -0.4 is 16.8 Å². The van der Waals surface area contributed by atoms with E-state index in [2.05, 4.69) is 10.4 Å². The van der Waals surface area contributed by atoms with Crippen molar-refractivity contribution in [1.29, 1.82) is 0 Å². The number of carbonyl (C=O) groups is 1. The molecule has 0 spiro atoms. The van der Waals surface area contributed by atoms with E-state index in [1.807, 2.05) is 0 Å². The van der Waals surface area contributed by atoms with E-state index < -0.39 is 0 Å². The van der Waals surface area contributed by atoms with Gasteiger partial charge < -0.3 is 14.7 Å². The highest BCUT2D eigenvalue weighted by molar-refractivity contribution is 5.69. The van der Waals surface area contributed by atoms with Gasteiger partial charge in [-0.25, -0.2) is 10.8 Å². The summed E-state index contributed by atoms with van der Waals surface area (Å²) in [5.74, 6) is 4.88. The number of nitrogens with two attached hydrogens (primary N) is 1. The molecule has 0 unspecified atom stereocenters. The Morgan fingerprint density at radius 1 is 1.65 bits per heavy atom. The molecule has 94 valence electrons. The summed E-state index contributed by atoms with van der Waals surface area (Å²) in [7, 11) is 0. The number of hydrogen-bond acceptors (Lipinski definition) is 6. The maximum Gasteiger partial charge on any atom is 0.307 e. The Balaban J connectivity index is 2.83. The first-order valence-electron chi connectivity index (χ1n) is 5.28. The number of nitrogens with zero attached hydrogens (tertiary/aromatic N) is 2. The number of esters is 1. The maximum absolute atomic E-state index is 11.8. The number of nitrogen functional groups attached to an aromatic ring is 1. The van der Waals surface area contributed by atoms with E-state index in [0.717, 1.165) is 0 Å². The Kier molecular flexibility index (Phi) is 4.65. The van der Waals surface area contributed by atoms with Gasteiger partial charge in [-0.15, -0.1) is 0 Å². The second-order valence-corrected chi connectivity index (χ2v) is 3.40. The highest BCUT2D eigenvalue weighted by Gasteiger charge is 2.09. The van der Waals surface area contributed by atoms with Crippen molar-refractivity contribution in [2.24, 2.45) is 5.84 Å². The Bertz CT molecular complexity index is 455. The standard InChI is InChI=1S/C10H16N4O3/c1-3-17-8(15)4-5-14-7(2)6-12-9(13-11)10(14)16/h6H,3-5,11H2,1-2H3,(H,12,13). The van der Waals surface area contributed by atoms with Gasteiger partial charge >= 0.3 is 5.97 Å². The van der Waals surface area contributed by atoms with Crippen LogP contribution in [-0.4, -0.2) is 22.1 Å². The molecule has 1 aromatic rings. The van der Waals surface area contributed by atoms with E-state index in [1.54, 1.807) is 13.8 Å². The van der Waals surface area contributed by atoms with Gasteiger partial charge in [-0.3, -0.25) is 9.59 Å². The lowest BCUT2D eigenvalue weighted by Gasteiger charge is -2.10. The third-order valence-corrected chi connectivity index (χ3v) is 2.24. The molecule has 0 radical (unpaired) electrons. The Labute approximate surface area is 98.6 Å². The fourth-order valence-corrected chi connectivity index (χ4v) is 1.38. The van der Waals surface area contributed by atoms with Gasteiger partial charge in [0.2, 0.25) is 5.82 Å². The van der Waals surface area contributed by atoms with Crippen molar-refractivity contribution in [3.63, 3.8) is 0 Å². The molecule has 7 heteroatoms. The van der Waals surface area contributed by atoms with Crippen LogP contribution in [0, 0.1) is 6.92 Å². The number of ether oxygens (including phenoxy) is 1. The highest BCUT2D eigenvalue weighted by atomic mass is 16.5. The van der Waals surface area contributed by atoms with Gasteiger partial charge in [-0.2, -0.15) is 0 Å². The molecule has 1 heterocycles. The number of rotatable bonds is 5. The van der Waals surface area contributed by atoms with Crippen LogP contribution in [0.2, 0.25) is 0 Å². The van der Waals surface area contributed by atoms with E-state index in [9.17, 15) is 9.59 Å². The normalized spacial score (nSPS) is 10.1. The summed E-state index contributed by atoms with van der Waals surface area (Å²) in [5.41, 5.74) is 2.53. The summed E-state index contributed by atoms with van der Waals surface area (Å²) in [6, 6.07) is 0. The topological polar surface area (TPSA) is 99.2 Å². The lowest BCUT2D eigenvalue weighted by molar-refractivity contribution is -0.143. The van der Waals surface area contributed by atoms with Crippen LogP contribution in [0.5, 0.6) is 0 Å². The third-order valence-electron chi connectivity index (χ3n) is 2.24. The van der Waals surface area contributed by atoms with Crippen molar-refractivity contribution >= 4 is 11.8 Å². The molecule has 0 fully saturated rings. The quantitative estimate of drug-likeness (QED) is 0.420. The molecule has 1 aromatic heterocycles. The maximum atomic E-state index is 11.8. The average molecular weight is 240 g/mol. The summed E-state index contributed by atoms with van der Waals surface area (Å²) in [5, 5.41) is 0. The molecule has 0 amide bonds. The summed E-state index contributed by atoms with van der Waals surface area (Å²) >= 11 is 0. The molecule has 0 saturated carbocycles. The lowest BCUT2D eigenvalue weighted by atomic mass is 10.3. The highest BCUT2D eigenvalue weighted by Crippen LogP contribution is 1.99. The van der Waals surface area contributed by atoms with Crippen LogP contribution in [-0.2, 0) is 16.1 Å². The number of nitrogens with one attached hydrogen (secondary N) is 1. The van der Waals surface area contributed by atoms with Crippen molar-refractivity contribution in [3.05, 3.63) is 22.2 Å². The largest absolute Gasteiger partial charge is 0.466 e. The molecule has 0 saturated heterocycles. The van der Waals surface area contributed by atoms with Crippen LogP contribution in [0.4, 0.5) is 5.82 Å². The molecule has 0 atom stereocenters. The molecule has 7 nitrogen and oxygen atoms in total. The summed E-state index contributed by atoms with van der Waals surface area (Å²) in [6.07, 6.45) is 1.66. The van der Waals surface area contributed by atoms with Gasteiger partial charge in [-0.05, 0) is 13.8 Å². The van der Waals surface area contributed by atoms with E-state index in [4.69, 9.17) is 10.6 Å². The van der Waals surface area contributed by atoms with Gasteiger partial charge in [0.15, 0.2) is 0 Å². The molecular weight excluding hydrogens is 224 g/mol. The zero-order valence-corrected chi connectivity index (χ0v) is 9.90. The summed E-state index contributed by atoms with van der Waals surface area (Å²) < 4.78 is 6.22. The van der Waals surface area contributed by atoms with Crippen LogP contribution in [0.15, 0.2) is 11.0 Å². The molecule has 17 heavy (non-hydrogen) atoms. The van der Waals surface area contributed by atoms with Crippen molar-refractivity contribution in [1.82, 2.24) is 9.55 Å². The predicted molar refractivity (Wildman–Crippen MR) is 62.3 cm³/mol. The van der Waals surface area contributed by atoms with Gasteiger partial charge in [-0.1, -0.05) is 0 Å². The summed E-state index contributed by atoms with van der Waals surface area (Å²) in [6.45, 7) is 4.05. The fourth-order valence-electron chi connectivity index (χ4n) is 1.38. The fraction of sp³-hybridized carbons (Fsp3) is 0.500. The second-order valence-electron chi connectivity index (χ2n) is 3.40. The first-order valence-corrected chi connectivity index (χ1v) is 5.28. The number of anilines is 1. The Morgan fingerprint density at radius 3 is 2.94 bits per heavy atom. The first-order chi connectivity index (χ1) is 8.10. The zero-order chi connectivity index (χ0) is 12.8.